The van der Waals surface area contributed by atoms with E-state index in [0.29, 0.717) is 5.56 Å². The van der Waals surface area contributed by atoms with Crippen molar-refractivity contribution in [1.82, 2.24) is 10.3 Å². The van der Waals surface area contributed by atoms with Crippen LogP contribution in [0.2, 0.25) is 0 Å². The summed E-state index contributed by atoms with van der Waals surface area (Å²) < 4.78 is 0. The van der Waals surface area contributed by atoms with E-state index < -0.39 is 17.9 Å². The molecule has 0 fully saturated rings. The van der Waals surface area contributed by atoms with Crippen molar-refractivity contribution in [3.05, 3.63) is 30.1 Å². The highest BCUT2D eigenvalue weighted by molar-refractivity contribution is 5.96. The fourth-order valence-electron chi connectivity index (χ4n) is 2.19. The Hall–Kier alpha value is -1.91. The summed E-state index contributed by atoms with van der Waals surface area (Å²) in [5.41, 5.74) is 0.370. The number of carbonyl (C=O) groups excluding carboxylic acids is 1. The van der Waals surface area contributed by atoms with Crippen molar-refractivity contribution in [2.24, 2.45) is 11.8 Å². The molecule has 0 aromatic carbocycles. The summed E-state index contributed by atoms with van der Waals surface area (Å²) >= 11 is 0. The van der Waals surface area contributed by atoms with Gasteiger partial charge in [-0.3, -0.25) is 9.78 Å². The van der Waals surface area contributed by atoms with Crippen LogP contribution < -0.4 is 5.32 Å². The van der Waals surface area contributed by atoms with E-state index in [2.05, 4.69) is 17.2 Å². The first-order chi connectivity index (χ1) is 9.47. The van der Waals surface area contributed by atoms with E-state index in [1.54, 1.807) is 18.3 Å². The Kier molecular flexibility index (Phi) is 6.15. The Morgan fingerprint density at radius 2 is 2.10 bits per heavy atom. The van der Waals surface area contributed by atoms with Crippen LogP contribution in [-0.2, 0) is 4.79 Å². The number of carboxylic acids is 1. The molecule has 1 heterocycles. The van der Waals surface area contributed by atoms with Crippen LogP contribution in [0.25, 0.3) is 0 Å². The summed E-state index contributed by atoms with van der Waals surface area (Å²) in [7, 11) is 0. The highest BCUT2D eigenvalue weighted by Crippen LogP contribution is 2.20. The van der Waals surface area contributed by atoms with Gasteiger partial charge in [-0.25, -0.2) is 4.79 Å². The summed E-state index contributed by atoms with van der Waals surface area (Å²) in [6.07, 6.45) is 4.92. The number of carbonyl (C=O) groups is 2. The van der Waals surface area contributed by atoms with Crippen molar-refractivity contribution >= 4 is 11.9 Å². The molecular formula is C15H22N2O3. The fourth-order valence-corrected chi connectivity index (χ4v) is 2.19. The van der Waals surface area contributed by atoms with Crippen molar-refractivity contribution in [3.63, 3.8) is 0 Å². The fraction of sp³-hybridized carbons (Fsp3) is 0.533. The summed E-state index contributed by atoms with van der Waals surface area (Å²) in [5, 5.41) is 11.9. The highest BCUT2D eigenvalue weighted by atomic mass is 16.4. The second kappa shape index (κ2) is 7.62. The molecule has 0 aliphatic rings. The van der Waals surface area contributed by atoms with Crippen LogP contribution in [0.5, 0.6) is 0 Å². The van der Waals surface area contributed by atoms with Crippen molar-refractivity contribution < 1.29 is 14.7 Å². The molecule has 1 rings (SSSR count). The third-order valence-corrected chi connectivity index (χ3v) is 3.64. The van der Waals surface area contributed by atoms with Crippen molar-refractivity contribution in [3.8, 4) is 0 Å². The molecule has 20 heavy (non-hydrogen) atoms. The van der Waals surface area contributed by atoms with Crippen molar-refractivity contribution in [2.75, 3.05) is 0 Å². The van der Waals surface area contributed by atoms with E-state index in [9.17, 15) is 14.7 Å². The molecule has 0 aliphatic heterocycles. The Morgan fingerprint density at radius 3 is 2.60 bits per heavy atom. The van der Waals surface area contributed by atoms with Gasteiger partial charge in [-0.2, -0.15) is 0 Å². The van der Waals surface area contributed by atoms with Gasteiger partial charge >= 0.3 is 5.97 Å². The van der Waals surface area contributed by atoms with Crippen molar-refractivity contribution in [1.29, 1.82) is 0 Å². The first-order valence-electron chi connectivity index (χ1n) is 6.91. The van der Waals surface area contributed by atoms with Gasteiger partial charge in [0.2, 0.25) is 0 Å². The quantitative estimate of drug-likeness (QED) is 0.802. The maximum absolute atomic E-state index is 12.0. The molecule has 5 heteroatoms. The first kappa shape index (κ1) is 16.1. The molecule has 0 aliphatic carbocycles. The minimum Gasteiger partial charge on any atom is -0.480 e. The normalized spacial score (nSPS) is 15.2. The summed E-state index contributed by atoms with van der Waals surface area (Å²) in [6.45, 7) is 5.94. The number of pyridine rings is 1. The van der Waals surface area contributed by atoms with Crippen LogP contribution in [0, 0.1) is 11.8 Å². The van der Waals surface area contributed by atoms with Gasteiger partial charge in [0.1, 0.15) is 6.04 Å². The predicted molar refractivity (Wildman–Crippen MR) is 76.4 cm³/mol. The van der Waals surface area contributed by atoms with E-state index in [-0.39, 0.29) is 11.8 Å². The van der Waals surface area contributed by atoms with Crippen LogP contribution in [0.15, 0.2) is 24.5 Å². The van der Waals surface area contributed by atoms with Gasteiger partial charge in [0.25, 0.3) is 5.91 Å². The maximum Gasteiger partial charge on any atom is 0.326 e. The average molecular weight is 278 g/mol. The predicted octanol–water partition coefficient (Wildman–Crippen LogP) is 2.34. The summed E-state index contributed by atoms with van der Waals surface area (Å²) in [4.78, 5) is 27.3. The largest absolute Gasteiger partial charge is 0.480 e. The van der Waals surface area contributed by atoms with Crippen LogP contribution in [0.4, 0.5) is 0 Å². The van der Waals surface area contributed by atoms with Gasteiger partial charge < -0.3 is 10.4 Å². The highest BCUT2D eigenvalue weighted by Gasteiger charge is 2.30. The number of aromatic nitrogens is 1. The summed E-state index contributed by atoms with van der Waals surface area (Å²) in [5.74, 6) is -1.30. The number of hydrogen-bond acceptors (Lipinski definition) is 3. The van der Waals surface area contributed by atoms with Crippen LogP contribution in [0.3, 0.4) is 0 Å². The molecule has 1 aromatic heterocycles. The number of amides is 1. The Labute approximate surface area is 119 Å². The topological polar surface area (TPSA) is 79.3 Å². The van der Waals surface area contributed by atoms with E-state index in [1.165, 1.54) is 6.20 Å². The molecular weight excluding hydrogens is 256 g/mol. The number of carboxylic acid groups (broad SMARTS) is 1. The molecule has 0 bridgehead atoms. The summed E-state index contributed by atoms with van der Waals surface area (Å²) in [6, 6.07) is 2.37. The third kappa shape index (κ3) is 4.33. The zero-order chi connectivity index (χ0) is 15.1. The maximum atomic E-state index is 12.0. The smallest absolute Gasteiger partial charge is 0.326 e. The minimum absolute atomic E-state index is 0.131. The number of aliphatic carboxylic acids is 1. The van der Waals surface area contributed by atoms with E-state index in [1.807, 2.05) is 13.8 Å². The monoisotopic (exact) mass is 278 g/mol. The average Bonchev–Trinajstić information content (AvgIpc) is 2.44. The van der Waals surface area contributed by atoms with Crippen LogP contribution in [-0.4, -0.2) is 28.0 Å². The third-order valence-electron chi connectivity index (χ3n) is 3.64. The standard InChI is InChI=1S/C15H22N2O3/c1-4-6-10(2)11(3)13(15(19)20)17-14(18)12-7-5-8-16-9-12/h5,7-11,13H,4,6H2,1-3H3,(H,17,18)(H,19,20). The number of nitrogens with one attached hydrogen (secondary N) is 1. The van der Waals surface area contributed by atoms with Crippen LogP contribution in [0.1, 0.15) is 44.0 Å². The Balaban J connectivity index is 2.77. The molecule has 1 amide bonds. The van der Waals surface area contributed by atoms with E-state index in [0.717, 1.165) is 12.8 Å². The molecule has 0 radical (unpaired) electrons. The van der Waals surface area contributed by atoms with Crippen LogP contribution >= 0.6 is 0 Å². The van der Waals surface area contributed by atoms with E-state index in [4.69, 9.17) is 0 Å². The lowest BCUT2D eigenvalue weighted by atomic mass is 9.86. The molecule has 110 valence electrons. The number of rotatable bonds is 7. The molecule has 3 unspecified atom stereocenters. The second-order valence-electron chi connectivity index (χ2n) is 5.16. The molecule has 2 N–H and O–H groups in total. The molecule has 0 spiro atoms. The number of hydrogen-bond donors (Lipinski definition) is 2. The zero-order valence-corrected chi connectivity index (χ0v) is 12.2. The van der Waals surface area contributed by atoms with Gasteiger partial charge in [-0.05, 0) is 24.0 Å². The molecule has 0 saturated carbocycles. The van der Waals surface area contributed by atoms with Gasteiger partial charge in [0, 0.05) is 12.4 Å². The molecule has 3 atom stereocenters. The van der Waals surface area contributed by atoms with Gasteiger partial charge in [0.15, 0.2) is 0 Å². The Bertz CT molecular complexity index is 448. The second-order valence-corrected chi connectivity index (χ2v) is 5.16. The Morgan fingerprint density at radius 1 is 1.40 bits per heavy atom. The SMILES string of the molecule is CCCC(C)C(C)C(NC(=O)c1cccnc1)C(=O)O. The first-order valence-corrected chi connectivity index (χ1v) is 6.91. The molecule has 5 nitrogen and oxygen atoms in total. The van der Waals surface area contributed by atoms with Gasteiger partial charge in [0.05, 0.1) is 5.56 Å². The van der Waals surface area contributed by atoms with E-state index >= 15 is 0 Å². The lowest BCUT2D eigenvalue weighted by Gasteiger charge is -2.26. The lowest BCUT2D eigenvalue weighted by Crippen LogP contribution is -2.47. The van der Waals surface area contributed by atoms with Gasteiger partial charge in [-0.15, -0.1) is 0 Å². The lowest BCUT2D eigenvalue weighted by molar-refractivity contribution is -0.141. The molecule has 0 saturated heterocycles. The molecule has 1 aromatic rings. The van der Waals surface area contributed by atoms with Crippen molar-refractivity contribution in [2.45, 2.75) is 39.7 Å². The van der Waals surface area contributed by atoms with Gasteiger partial charge in [-0.1, -0.05) is 33.6 Å². The zero-order valence-electron chi connectivity index (χ0n) is 12.2. The number of nitrogens with zero attached hydrogens (tertiary/aromatic N) is 1. The minimum atomic E-state index is -1.00.